The van der Waals surface area contributed by atoms with Gasteiger partial charge >= 0.3 is 12.4 Å². The van der Waals surface area contributed by atoms with Gasteiger partial charge in [-0.3, -0.25) is 0 Å². The van der Waals surface area contributed by atoms with E-state index in [1.165, 1.54) is 35.0 Å². The minimum atomic E-state index is -4.74. The molecule has 0 aliphatic heterocycles. The molecule has 2 aromatic carbocycles. The van der Waals surface area contributed by atoms with E-state index in [2.05, 4.69) is 10.1 Å². The summed E-state index contributed by atoms with van der Waals surface area (Å²) in [4.78, 5) is 4.04. The Morgan fingerprint density at radius 1 is 1.03 bits per heavy atom. The van der Waals surface area contributed by atoms with Crippen LogP contribution in [0.15, 0.2) is 47.1 Å². The summed E-state index contributed by atoms with van der Waals surface area (Å²) in [5.74, 6) is -0.180. The van der Waals surface area contributed by atoms with Crippen molar-refractivity contribution in [2.45, 2.75) is 18.9 Å². The van der Waals surface area contributed by atoms with Gasteiger partial charge in [-0.05, 0) is 36.4 Å². The van der Waals surface area contributed by atoms with Gasteiger partial charge in [0.2, 0.25) is 0 Å². The Bertz CT molecular complexity index is 1360. The van der Waals surface area contributed by atoms with Gasteiger partial charge in [0.1, 0.15) is 0 Å². The van der Waals surface area contributed by atoms with Gasteiger partial charge in [-0.15, -0.1) is 0 Å². The van der Waals surface area contributed by atoms with Gasteiger partial charge in [0.25, 0.3) is 5.89 Å². The lowest BCUT2D eigenvalue weighted by atomic mass is 10.0. The molecule has 0 aliphatic rings. The third-order valence-corrected chi connectivity index (χ3v) is 4.99. The van der Waals surface area contributed by atoms with Gasteiger partial charge in [0, 0.05) is 22.7 Å². The van der Waals surface area contributed by atoms with Crippen molar-refractivity contribution in [2.24, 2.45) is 0 Å². The van der Waals surface area contributed by atoms with Gasteiger partial charge in [-0.2, -0.15) is 36.6 Å². The van der Waals surface area contributed by atoms with Crippen molar-refractivity contribution in [3.8, 4) is 17.5 Å². The molecule has 0 N–H and O–H groups in total. The Balaban J connectivity index is 1.69. The summed E-state index contributed by atoms with van der Waals surface area (Å²) < 4.78 is 86.0. The second-order valence-corrected chi connectivity index (χ2v) is 7.09. The molecule has 0 fully saturated rings. The van der Waals surface area contributed by atoms with Crippen molar-refractivity contribution in [1.82, 2.24) is 14.7 Å². The molecule has 0 atom stereocenters. The summed E-state index contributed by atoms with van der Waals surface area (Å²) in [6, 6.07) is 8.27. The summed E-state index contributed by atoms with van der Waals surface area (Å²) in [7, 11) is 0. The second kappa shape index (κ2) is 7.56. The zero-order valence-corrected chi connectivity index (χ0v) is 16.3. The standard InChI is InChI=1S/C20H9ClF6N4O/c21-14-3-1-10(7-13(14)19(22,23)24)18-29-16(30-32-18)9-31-6-5-12-15(31)4-2-11(8-28)17(12)20(25,26)27/h1-7H,9H2. The highest BCUT2D eigenvalue weighted by atomic mass is 35.5. The summed E-state index contributed by atoms with van der Waals surface area (Å²) >= 11 is 5.60. The highest BCUT2D eigenvalue weighted by Crippen LogP contribution is 2.38. The molecule has 4 rings (SSSR count). The van der Waals surface area contributed by atoms with Crippen LogP contribution in [-0.2, 0) is 18.9 Å². The molecule has 0 amide bonds. The van der Waals surface area contributed by atoms with Crippen LogP contribution in [0.1, 0.15) is 22.5 Å². The van der Waals surface area contributed by atoms with Crippen LogP contribution in [0, 0.1) is 11.3 Å². The number of alkyl halides is 6. The molecule has 0 saturated carbocycles. The van der Waals surface area contributed by atoms with E-state index in [1.54, 1.807) is 0 Å². The van der Waals surface area contributed by atoms with E-state index in [4.69, 9.17) is 21.4 Å². The van der Waals surface area contributed by atoms with Crippen molar-refractivity contribution >= 4 is 22.5 Å². The molecule has 164 valence electrons. The Hall–Kier alpha value is -3.52. The van der Waals surface area contributed by atoms with Crippen LogP contribution < -0.4 is 0 Å². The van der Waals surface area contributed by atoms with Crippen LogP contribution in [0.25, 0.3) is 22.4 Å². The van der Waals surface area contributed by atoms with Crippen LogP contribution in [0.3, 0.4) is 0 Å². The molecule has 0 saturated heterocycles. The highest BCUT2D eigenvalue weighted by Gasteiger charge is 2.36. The molecule has 0 radical (unpaired) electrons. The number of fused-ring (bicyclic) bond motifs is 1. The average molecular weight is 471 g/mol. The minimum Gasteiger partial charge on any atom is -0.340 e. The molecule has 0 bridgehead atoms. The molecular weight excluding hydrogens is 462 g/mol. The Kier molecular flexibility index (Phi) is 5.13. The van der Waals surface area contributed by atoms with E-state index >= 15 is 0 Å². The minimum absolute atomic E-state index is 0.0177. The lowest BCUT2D eigenvalue weighted by Crippen LogP contribution is -2.09. The van der Waals surface area contributed by atoms with Crippen molar-refractivity contribution in [1.29, 1.82) is 5.26 Å². The zero-order chi connectivity index (χ0) is 23.3. The van der Waals surface area contributed by atoms with Crippen molar-refractivity contribution < 1.29 is 30.9 Å². The SMILES string of the molecule is N#Cc1ccc2c(ccn2Cc2noc(-c3ccc(Cl)c(C(F)(F)F)c3)n2)c1C(F)(F)F. The Morgan fingerprint density at radius 3 is 2.44 bits per heavy atom. The van der Waals surface area contributed by atoms with E-state index in [1.807, 2.05) is 0 Å². The number of benzene rings is 2. The zero-order valence-electron chi connectivity index (χ0n) is 15.6. The fourth-order valence-electron chi connectivity index (χ4n) is 3.27. The van der Waals surface area contributed by atoms with Gasteiger partial charge in [0.15, 0.2) is 5.82 Å². The van der Waals surface area contributed by atoms with E-state index in [0.717, 1.165) is 18.2 Å². The van der Waals surface area contributed by atoms with Gasteiger partial charge in [-0.1, -0.05) is 16.8 Å². The van der Waals surface area contributed by atoms with Crippen LogP contribution in [0.4, 0.5) is 26.3 Å². The molecule has 0 spiro atoms. The van der Waals surface area contributed by atoms with Gasteiger partial charge in [-0.25, -0.2) is 0 Å². The van der Waals surface area contributed by atoms with Gasteiger partial charge < -0.3 is 9.09 Å². The maximum atomic E-state index is 13.4. The fourth-order valence-corrected chi connectivity index (χ4v) is 3.50. The number of hydrogen-bond acceptors (Lipinski definition) is 4. The first-order chi connectivity index (χ1) is 15.0. The first-order valence-electron chi connectivity index (χ1n) is 8.78. The third kappa shape index (κ3) is 3.89. The molecule has 12 heteroatoms. The summed E-state index contributed by atoms with van der Waals surface area (Å²) in [5.41, 5.74) is -2.47. The number of nitrogens with zero attached hydrogens (tertiary/aromatic N) is 4. The quantitative estimate of drug-likeness (QED) is 0.329. The highest BCUT2D eigenvalue weighted by molar-refractivity contribution is 6.31. The number of rotatable bonds is 3. The monoisotopic (exact) mass is 470 g/mol. The number of aromatic nitrogens is 3. The molecule has 4 aromatic rings. The van der Waals surface area contributed by atoms with Crippen molar-refractivity contribution in [2.75, 3.05) is 0 Å². The summed E-state index contributed by atoms with van der Waals surface area (Å²) in [5, 5.41) is 12.0. The maximum absolute atomic E-state index is 13.4. The maximum Gasteiger partial charge on any atom is 0.418 e. The predicted molar refractivity (Wildman–Crippen MR) is 101 cm³/mol. The van der Waals surface area contributed by atoms with E-state index in [9.17, 15) is 26.3 Å². The summed E-state index contributed by atoms with van der Waals surface area (Å²) in [6.07, 6.45) is -8.06. The first-order valence-corrected chi connectivity index (χ1v) is 9.15. The van der Waals surface area contributed by atoms with Crippen LogP contribution in [0.5, 0.6) is 0 Å². The molecule has 5 nitrogen and oxygen atoms in total. The number of hydrogen-bond donors (Lipinski definition) is 0. The second-order valence-electron chi connectivity index (χ2n) is 6.68. The Morgan fingerprint density at radius 2 is 1.78 bits per heavy atom. The predicted octanol–water partition coefficient (Wildman–Crippen LogP) is 6.30. The lowest BCUT2D eigenvalue weighted by molar-refractivity contribution is -0.137. The normalized spacial score (nSPS) is 12.3. The largest absolute Gasteiger partial charge is 0.418 e. The smallest absolute Gasteiger partial charge is 0.340 e. The molecule has 0 aliphatic carbocycles. The third-order valence-electron chi connectivity index (χ3n) is 4.66. The Labute approximate surface area is 180 Å². The van der Waals surface area contributed by atoms with Crippen molar-refractivity contribution in [3.63, 3.8) is 0 Å². The molecule has 32 heavy (non-hydrogen) atoms. The van der Waals surface area contributed by atoms with Crippen LogP contribution >= 0.6 is 11.6 Å². The number of halogens is 7. The fraction of sp³-hybridized carbons (Fsp3) is 0.150. The van der Waals surface area contributed by atoms with E-state index in [0.29, 0.717) is 0 Å². The first kappa shape index (κ1) is 21.7. The van der Waals surface area contributed by atoms with Crippen molar-refractivity contribution in [3.05, 3.63) is 70.1 Å². The lowest BCUT2D eigenvalue weighted by Gasteiger charge is -2.11. The van der Waals surface area contributed by atoms with Crippen LogP contribution in [-0.4, -0.2) is 14.7 Å². The van der Waals surface area contributed by atoms with E-state index < -0.39 is 34.1 Å². The number of nitriles is 1. The topological polar surface area (TPSA) is 67.6 Å². The van der Waals surface area contributed by atoms with Gasteiger partial charge in [0.05, 0.1) is 34.3 Å². The molecule has 2 aromatic heterocycles. The molecule has 0 unspecified atom stereocenters. The van der Waals surface area contributed by atoms with E-state index in [-0.39, 0.29) is 34.7 Å². The van der Waals surface area contributed by atoms with Crippen LogP contribution in [0.2, 0.25) is 5.02 Å². The summed E-state index contributed by atoms with van der Waals surface area (Å²) in [6.45, 7) is -0.115. The molecule has 2 heterocycles. The average Bonchev–Trinajstić information content (AvgIpc) is 3.33. The molecular formula is C20H9ClF6N4O.